The van der Waals surface area contributed by atoms with E-state index in [0.29, 0.717) is 22.5 Å². The number of amides is 1. The molecule has 2 aromatic rings. The number of aromatic nitrogens is 2. The van der Waals surface area contributed by atoms with Gasteiger partial charge in [0.15, 0.2) is 5.15 Å². The molecule has 1 saturated carbocycles. The van der Waals surface area contributed by atoms with Crippen LogP contribution in [-0.4, -0.2) is 28.3 Å². The Bertz CT molecular complexity index is 764. The number of thiophene rings is 1. The molecule has 2 heterocycles. The summed E-state index contributed by atoms with van der Waals surface area (Å²) < 4.78 is 1.76. The van der Waals surface area contributed by atoms with Crippen molar-refractivity contribution in [3.05, 3.63) is 27.0 Å². The molecule has 0 saturated heterocycles. The molecule has 0 spiro atoms. The summed E-state index contributed by atoms with van der Waals surface area (Å²) in [5.41, 5.74) is 8.76. The van der Waals surface area contributed by atoms with Gasteiger partial charge in [-0.2, -0.15) is 5.10 Å². The molecule has 7 heteroatoms. The molecule has 1 aliphatic carbocycles. The Morgan fingerprint density at radius 2 is 2.19 bits per heavy atom. The number of halogens is 1. The number of rotatable bonds is 6. The minimum absolute atomic E-state index is 0.0431. The van der Waals surface area contributed by atoms with Gasteiger partial charge in [-0.25, -0.2) is 0 Å². The molecular formula is C19H27ClN4OS. The molecule has 3 rings (SSSR count). The fraction of sp³-hybridized carbons (Fsp3) is 0.579. The number of carbonyl (C=O) groups excluding carboxylic acids is 1. The van der Waals surface area contributed by atoms with Crippen molar-refractivity contribution in [2.24, 2.45) is 18.7 Å². The number of hydrogen-bond donors (Lipinski definition) is 2. The quantitative estimate of drug-likeness (QED) is 0.773. The van der Waals surface area contributed by atoms with Gasteiger partial charge in [0.25, 0.3) is 5.91 Å². The SMILES string of the molecule is Cc1c(Cl)nn(C)c1-c1csc(C(=O)NC(CN)CC2CCCCC2)c1. The first-order valence-electron chi connectivity index (χ1n) is 9.28. The van der Waals surface area contributed by atoms with E-state index < -0.39 is 0 Å². The fourth-order valence-electron chi connectivity index (χ4n) is 3.88. The van der Waals surface area contributed by atoms with Gasteiger partial charge in [-0.15, -0.1) is 11.3 Å². The van der Waals surface area contributed by atoms with Gasteiger partial charge in [0, 0.05) is 36.1 Å². The average Bonchev–Trinajstić information content (AvgIpc) is 3.20. The third kappa shape index (κ3) is 4.30. The van der Waals surface area contributed by atoms with Crippen molar-refractivity contribution in [3.63, 3.8) is 0 Å². The maximum Gasteiger partial charge on any atom is 0.261 e. The second kappa shape index (κ2) is 8.55. The van der Waals surface area contributed by atoms with E-state index in [2.05, 4.69) is 10.4 Å². The number of carbonyl (C=O) groups is 1. The monoisotopic (exact) mass is 394 g/mol. The lowest BCUT2D eigenvalue weighted by Crippen LogP contribution is -2.41. The van der Waals surface area contributed by atoms with Crippen LogP contribution in [0.25, 0.3) is 11.3 Å². The number of nitrogens with one attached hydrogen (secondary N) is 1. The molecular weight excluding hydrogens is 368 g/mol. The second-order valence-electron chi connectivity index (χ2n) is 7.23. The van der Waals surface area contributed by atoms with E-state index in [9.17, 15) is 4.79 Å². The van der Waals surface area contributed by atoms with E-state index in [0.717, 1.165) is 23.2 Å². The van der Waals surface area contributed by atoms with Crippen molar-refractivity contribution >= 4 is 28.8 Å². The van der Waals surface area contributed by atoms with Crippen molar-refractivity contribution in [2.45, 2.75) is 51.5 Å². The molecule has 0 radical (unpaired) electrons. The van der Waals surface area contributed by atoms with E-state index >= 15 is 0 Å². The number of hydrogen-bond acceptors (Lipinski definition) is 4. The molecule has 26 heavy (non-hydrogen) atoms. The summed E-state index contributed by atoms with van der Waals surface area (Å²) in [6.45, 7) is 2.42. The van der Waals surface area contributed by atoms with Crippen LogP contribution in [0.3, 0.4) is 0 Å². The largest absolute Gasteiger partial charge is 0.347 e. The lowest BCUT2D eigenvalue weighted by molar-refractivity contribution is 0.0934. The lowest BCUT2D eigenvalue weighted by atomic mass is 9.85. The standard InChI is InChI=1S/C19H27ClN4OS/c1-12-17(24(2)23-18(12)20)14-9-16(26-11-14)19(25)22-15(10-21)8-13-6-4-3-5-7-13/h9,11,13,15H,3-8,10,21H2,1-2H3,(H,22,25). The average molecular weight is 395 g/mol. The van der Waals surface area contributed by atoms with Crippen LogP contribution in [0, 0.1) is 12.8 Å². The van der Waals surface area contributed by atoms with E-state index in [1.54, 1.807) is 4.68 Å². The molecule has 1 fully saturated rings. The Kier molecular flexibility index (Phi) is 6.37. The first-order valence-corrected chi connectivity index (χ1v) is 10.5. The maximum absolute atomic E-state index is 12.7. The number of nitrogens with zero attached hydrogens (tertiary/aromatic N) is 2. The van der Waals surface area contributed by atoms with Crippen molar-refractivity contribution < 1.29 is 4.79 Å². The minimum Gasteiger partial charge on any atom is -0.347 e. The third-order valence-corrected chi connectivity index (χ3v) is 6.57. The zero-order valence-corrected chi connectivity index (χ0v) is 17.0. The molecule has 3 N–H and O–H groups in total. The van der Waals surface area contributed by atoms with Crippen LogP contribution >= 0.6 is 22.9 Å². The van der Waals surface area contributed by atoms with Crippen molar-refractivity contribution in [1.82, 2.24) is 15.1 Å². The number of aryl methyl sites for hydroxylation is 1. The molecule has 1 aliphatic rings. The smallest absolute Gasteiger partial charge is 0.261 e. The molecule has 0 aliphatic heterocycles. The summed E-state index contributed by atoms with van der Waals surface area (Å²) in [6.07, 6.45) is 7.45. The van der Waals surface area contributed by atoms with Crippen molar-refractivity contribution in [2.75, 3.05) is 6.54 Å². The highest BCUT2D eigenvalue weighted by Crippen LogP contribution is 2.31. The molecule has 142 valence electrons. The summed E-state index contributed by atoms with van der Waals surface area (Å²) >= 11 is 7.55. The number of nitrogens with two attached hydrogens (primary N) is 1. The maximum atomic E-state index is 12.7. The predicted molar refractivity (Wildman–Crippen MR) is 108 cm³/mol. The Hall–Kier alpha value is -1.37. The molecule has 2 aromatic heterocycles. The Morgan fingerprint density at radius 3 is 2.81 bits per heavy atom. The molecule has 1 amide bonds. The normalized spacial score (nSPS) is 16.6. The van der Waals surface area contributed by atoms with Gasteiger partial charge in [-0.05, 0) is 25.3 Å². The van der Waals surface area contributed by atoms with Crippen LogP contribution in [-0.2, 0) is 7.05 Å². The van der Waals surface area contributed by atoms with Crippen molar-refractivity contribution in [3.8, 4) is 11.3 Å². The first kappa shape index (κ1) is 19.4. The second-order valence-corrected chi connectivity index (χ2v) is 8.50. The van der Waals surface area contributed by atoms with Gasteiger partial charge >= 0.3 is 0 Å². The summed E-state index contributed by atoms with van der Waals surface area (Å²) in [6, 6.07) is 1.96. The molecule has 0 bridgehead atoms. The minimum atomic E-state index is -0.0431. The highest BCUT2D eigenvalue weighted by atomic mass is 35.5. The van der Waals surface area contributed by atoms with Gasteiger partial charge in [-0.1, -0.05) is 43.7 Å². The van der Waals surface area contributed by atoms with Crippen LogP contribution < -0.4 is 11.1 Å². The molecule has 1 atom stereocenters. The van der Waals surface area contributed by atoms with Gasteiger partial charge in [0.2, 0.25) is 0 Å². The highest BCUT2D eigenvalue weighted by Gasteiger charge is 2.21. The van der Waals surface area contributed by atoms with Crippen LogP contribution in [0.2, 0.25) is 5.15 Å². The molecule has 1 unspecified atom stereocenters. The Balaban J connectivity index is 1.67. The van der Waals surface area contributed by atoms with Gasteiger partial charge < -0.3 is 11.1 Å². The summed E-state index contributed by atoms with van der Waals surface area (Å²) in [5, 5.41) is 9.84. The van der Waals surface area contributed by atoms with Crippen molar-refractivity contribution in [1.29, 1.82) is 0 Å². The zero-order chi connectivity index (χ0) is 18.7. The van der Waals surface area contributed by atoms with Gasteiger partial charge in [0.05, 0.1) is 10.6 Å². The molecule has 0 aromatic carbocycles. The van der Waals surface area contributed by atoms with Crippen LogP contribution in [0.1, 0.15) is 53.8 Å². The van der Waals surface area contributed by atoms with Crippen LogP contribution in [0.5, 0.6) is 0 Å². The summed E-state index contributed by atoms with van der Waals surface area (Å²) in [5.74, 6) is 0.647. The first-order chi connectivity index (χ1) is 12.5. The summed E-state index contributed by atoms with van der Waals surface area (Å²) in [7, 11) is 1.86. The predicted octanol–water partition coefficient (Wildman–Crippen LogP) is 4.14. The van der Waals surface area contributed by atoms with Gasteiger partial charge in [0.1, 0.15) is 0 Å². The van der Waals surface area contributed by atoms with E-state index in [1.165, 1.54) is 43.4 Å². The summed E-state index contributed by atoms with van der Waals surface area (Å²) in [4.78, 5) is 13.4. The van der Waals surface area contributed by atoms with Gasteiger partial charge in [-0.3, -0.25) is 9.48 Å². The van der Waals surface area contributed by atoms with Crippen LogP contribution in [0.15, 0.2) is 11.4 Å². The van der Waals surface area contributed by atoms with E-state index in [4.69, 9.17) is 17.3 Å². The topological polar surface area (TPSA) is 72.9 Å². The Morgan fingerprint density at radius 1 is 1.46 bits per heavy atom. The van der Waals surface area contributed by atoms with E-state index in [1.807, 2.05) is 25.4 Å². The molecule has 5 nitrogen and oxygen atoms in total. The Labute approximate surface area is 163 Å². The zero-order valence-electron chi connectivity index (χ0n) is 15.4. The lowest BCUT2D eigenvalue weighted by Gasteiger charge is -2.26. The highest BCUT2D eigenvalue weighted by molar-refractivity contribution is 7.12. The fourth-order valence-corrected chi connectivity index (χ4v) is 4.87. The van der Waals surface area contributed by atoms with Crippen LogP contribution in [0.4, 0.5) is 0 Å². The third-order valence-electron chi connectivity index (χ3n) is 5.29. The van der Waals surface area contributed by atoms with E-state index in [-0.39, 0.29) is 11.9 Å².